The van der Waals surface area contributed by atoms with Gasteiger partial charge in [-0.3, -0.25) is 4.79 Å². The molecule has 3 heteroatoms. The average Bonchev–Trinajstić information content (AvgIpc) is 2.33. The van der Waals surface area contributed by atoms with Crippen molar-refractivity contribution in [1.82, 2.24) is 0 Å². The number of rotatable bonds is 2. The Morgan fingerprint density at radius 1 is 1.30 bits per heavy atom. The van der Waals surface area contributed by atoms with Crippen molar-refractivity contribution in [3.05, 3.63) is 29.3 Å². The Labute approximate surface area is 124 Å². The molecule has 0 amide bonds. The molecule has 1 atom stereocenters. The van der Waals surface area contributed by atoms with Crippen LogP contribution in [0.1, 0.15) is 57.5 Å². The topological polar surface area (TPSA) is 26.3 Å². The van der Waals surface area contributed by atoms with Crippen molar-refractivity contribution >= 4 is 15.5 Å². The molecule has 1 unspecified atom stereocenters. The Balaban J connectivity index is 2.25. The van der Waals surface area contributed by atoms with Crippen molar-refractivity contribution in [2.45, 2.75) is 53.0 Å². The van der Waals surface area contributed by atoms with Gasteiger partial charge in [-0.2, -0.15) is 0 Å². The summed E-state index contributed by atoms with van der Waals surface area (Å²) in [6.07, 6.45) is 0.948. The molecule has 1 aliphatic rings. The van der Waals surface area contributed by atoms with E-state index in [2.05, 4.69) is 33.8 Å². The number of benzene rings is 1. The summed E-state index contributed by atoms with van der Waals surface area (Å²) in [7, 11) is 0.424. The van der Waals surface area contributed by atoms with Crippen LogP contribution in [0.3, 0.4) is 0 Å². The largest absolute Gasteiger partial charge is 0.540 e. The van der Waals surface area contributed by atoms with Gasteiger partial charge in [0.1, 0.15) is 5.75 Å². The maximum atomic E-state index is 12.5. The highest BCUT2D eigenvalue weighted by Crippen LogP contribution is 2.40. The minimum Gasteiger partial charge on any atom is -0.540 e. The van der Waals surface area contributed by atoms with E-state index in [1.54, 1.807) is 0 Å². The first-order valence-electron chi connectivity index (χ1n) is 7.23. The number of carbonyl (C=O) groups excluding carboxylic acids is 1. The lowest BCUT2D eigenvalue weighted by Gasteiger charge is -2.36. The second kappa shape index (κ2) is 5.03. The van der Waals surface area contributed by atoms with Crippen LogP contribution in [0.2, 0.25) is 5.04 Å². The SMILES string of the molecule is CC1Cc2cc(O[Si]C(C)(C)C)ccc2C(=O)C1(C)C. The quantitative estimate of drug-likeness (QED) is 0.758. The van der Waals surface area contributed by atoms with Crippen LogP contribution in [-0.2, 0) is 6.42 Å². The zero-order valence-electron chi connectivity index (χ0n) is 13.3. The molecule has 0 bridgehead atoms. The molecule has 1 aromatic rings. The maximum absolute atomic E-state index is 12.5. The van der Waals surface area contributed by atoms with E-state index in [-0.39, 0.29) is 16.2 Å². The third-order valence-corrected chi connectivity index (χ3v) is 5.09. The van der Waals surface area contributed by atoms with Crippen LogP contribution in [0, 0.1) is 11.3 Å². The van der Waals surface area contributed by atoms with Gasteiger partial charge in [-0.05, 0) is 41.1 Å². The molecule has 0 saturated heterocycles. The number of ketones is 1. The van der Waals surface area contributed by atoms with Crippen LogP contribution in [0.4, 0.5) is 0 Å². The van der Waals surface area contributed by atoms with E-state index in [4.69, 9.17) is 4.43 Å². The summed E-state index contributed by atoms with van der Waals surface area (Å²) in [6.45, 7) is 12.8. The first-order valence-corrected chi connectivity index (χ1v) is 8.14. The van der Waals surface area contributed by atoms with E-state index in [1.165, 1.54) is 0 Å². The van der Waals surface area contributed by atoms with E-state index < -0.39 is 0 Å². The molecular formula is C17H24O2Si. The van der Waals surface area contributed by atoms with E-state index >= 15 is 0 Å². The summed E-state index contributed by atoms with van der Waals surface area (Å²) in [5.74, 6) is 1.51. The molecule has 0 heterocycles. The first kappa shape index (κ1) is 15.3. The van der Waals surface area contributed by atoms with Gasteiger partial charge in [0, 0.05) is 11.0 Å². The number of hydrogen-bond acceptors (Lipinski definition) is 2. The third kappa shape index (κ3) is 2.98. The minimum absolute atomic E-state index is 0.168. The van der Waals surface area contributed by atoms with Crippen molar-refractivity contribution in [2.75, 3.05) is 0 Å². The fraction of sp³-hybridized carbons (Fsp3) is 0.588. The van der Waals surface area contributed by atoms with Gasteiger partial charge in [0.05, 0.1) is 0 Å². The van der Waals surface area contributed by atoms with Crippen LogP contribution >= 0.6 is 0 Å². The molecule has 2 nitrogen and oxygen atoms in total. The normalized spacial score (nSPS) is 21.5. The fourth-order valence-corrected chi connectivity index (χ4v) is 2.94. The average molecular weight is 288 g/mol. The molecule has 1 aromatic carbocycles. The van der Waals surface area contributed by atoms with Crippen molar-refractivity contribution in [3.8, 4) is 5.75 Å². The van der Waals surface area contributed by atoms with E-state index in [9.17, 15) is 4.79 Å². The summed E-state index contributed by atoms with van der Waals surface area (Å²) < 4.78 is 5.88. The highest BCUT2D eigenvalue weighted by Gasteiger charge is 2.39. The lowest BCUT2D eigenvalue weighted by Crippen LogP contribution is -2.37. The van der Waals surface area contributed by atoms with Crippen molar-refractivity contribution in [3.63, 3.8) is 0 Å². The zero-order valence-corrected chi connectivity index (χ0v) is 14.3. The Hall–Kier alpha value is -1.09. The first-order chi connectivity index (χ1) is 9.11. The van der Waals surface area contributed by atoms with Crippen LogP contribution in [0.25, 0.3) is 0 Å². The van der Waals surface area contributed by atoms with Crippen molar-refractivity contribution in [1.29, 1.82) is 0 Å². The van der Waals surface area contributed by atoms with E-state index in [1.807, 2.05) is 26.0 Å². The molecule has 0 aromatic heterocycles. The monoisotopic (exact) mass is 288 g/mol. The molecular weight excluding hydrogens is 264 g/mol. The predicted molar refractivity (Wildman–Crippen MR) is 83.5 cm³/mol. The number of fused-ring (bicyclic) bond motifs is 1. The fourth-order valence-electron chi connectivity index (χ4n) is 2.39. The zero-order chi connectivity index (χ0) is 15.1. The van der Waals surface area contributed by atoms with Gasteiger partial charge in [0.2, 0.25) is 0 Å². The second-order valence-corrected chi connectivity index (χ2v) is 9.34. The van der Waals surface area contributed by atoms with Crippen LogP contribution in [0.5, 0.6) is 5.75 Å². The minimum atomic E-state index is -0.261. The van der Waals surface area contributed by atoms with Crippen LogP contribution in [-0.4, -0.2) is 15.5 Å². The molecule has 0 N–H and O–H groups in total. The molecule has 0 spiro atoms. The van der Waals surface area contributed by atoms with Gasteiger partial charge < -0.3 is 4.43 Å². The number of hydrogen-bond donors (Lipinski definition) is 0. The van der Waals surface area contributed by atoms with Gasteiger partial charge in [-0.1, -0.05) is 41.5 Å². The molecule has 2 rings (SSSR count). The van der Waals surface area contributed by atoms with E-state index in [0.717, 1.165) is 23.3 Å². The Kier molecular flexibility index (Phi) is 3.85. The van der Waals surface area contributed by atoms with E-state index in [0.29, 0.717) is 15.7 Å². The Morgan fingerprint density at radius 3 is 2.55 bits per heavy atom. The lowest BCUT2D eigenvalue weighted by molar-refractivity contribution is 0.0732. The molecule has 20 heavy (non-hydrogen) atoms. The second-order valence-electron chi connectivity index (χ2n) is 7.43. The molecule has 2 radical (unpaired) electrons. The predicted octanol–water partition coefficient (Wildman–Crippen LogP) is 4.30. The van der Waals surface area contributed by atoms with Gasteiger partial charge in [0.25, 0.3) is 0 Å². The van der Waals surface area contributed by atoms with Crippen molar-refractivity contribution in [2.24, 2.45) is 11.3 Å². The Morgan fingerprint density at radius 2 is 1.95 bits per heavy atom. The summed E-state index contributed by atoms with van der Waals surface area (Å²) in [5.41, 5.74) is 1.75. The lowest BCUT2D eigenvalue weighted by atomic mass is 9.66. The molecule has 1 aliphatic carbocycles. The van der Waals surface area contributed by atoms with Crippen LogP contribution in [0.15, 0.2) is 18.2 Å². The molecule has 108 valence electrons. The molecule has 0 saturated carbocycles. The van der Waals surface area contributed by atoms with Crippen LogP contribution < -0.4 is 4.43 Å². The summed E-state index contributed by atoms with van der Waals surface area (Å²) >= 11 is 0. The maximum Gasteiger partial charge on any atom is 0.316 e. The number of Topliss-reactive ketones (excluding diaryl/α,β-unsaturated/α-hetero) is 1. The third-order valence-electron chi connectivity index (χ3n) is 4.14. The van der Waals surface area contributed by atoms with Gasteiger partial charge >= 0.3 is 9.76 Å². The Bertz CT molecular complexity index is 526. The van der Waals surface area contributed by atoms with Gasteiger partial charge in [-0.25, -0.2) is 0 Å². The highest BCUT2D eigenvalue weighted by molar-refractivity contribution is 6.32. The highest BCUT2D eigenvalue weighted by atomic mass is 28.2. The van der Waals surface area contributed by atoms with Gasteiger partial charge in [0.15, 0.2) is 5.78 Å². The molecule has 0 aliphatic heterocycles. The summed E-state index contributed by atoms with van der Waals surface area (Å²) in [6, 6.07) is 5.92. The smallest absolute Gasteiger partial charge is 0.316 e. The standard InChI is InChI=1S/C17H24O2Si/c1-11-9-12-10-13(19-20-16(2,3)4)7-8-14(12)15(18)17(11,5)6/h7-8,10-11H,9H2,1-6H3. The summed E-state index contributed by atoms with van der Waals surface area (Å²) in [5, 5.41) is 0.168. The molecule has 0 fully saturated rings. The van der Waals surface area contributed by atoms with Gasteiger partial charge in [-0.15, -0.1) is 0 Å². The van der Waals surface area contributed by atoms with Crippen molar-refractivity contribution < 1.29 is 9.22 Å². The number of carbonyl (C=O) groups is 1. The summed E-state index contributed by atoms with van der Waals surface area (Å²) in [4.78, 5) is 12.5.